The van der Waals surface area contributed by atoms with Crippen LogP contribution in [0.15, 0.2) is 48.5 Å². The molecule has 7 nitrogen and oxygen atoms in total. The molecular formula is C27H32N2O5S. The molecule has 35 heavy (non-hydrogen) atoms. The van der Waals surface area contributed by atoms with E-state index in [2.05, 4.69) is 34.9 Å². The fourth-order valence-corrected chi connectivity index (χ4v) is 5.45. The van der Waals surface area contributed by atoms with Crippen molar-refractivity contribution in [1.29, 1.82) is 0 Å². The van der Waals surface area contributed by atoms with Gasteiger partial charge in [0.25, 0.3) is 0 Å². The molecule has 1 saturated carbocycles. The second-order valence-electron chi connectivity index (χ2n) is 9.56. The molecule has 2 aromatic rings. The lowest BCUT2D eigenvalue weighted by Gasteiger charge is -2.31. The Bertz CT molecular complexity index is 1060. The summed E-state index contributed by atoms with van der Waals surface area (Å²) < 4.78 is 5.62. The Kier molecular flexibility index (Phi) is 7.69. The molecule has 0 radical (unpaired) electrons. The number of nitrogens with one attached hydrogen (secondary N) is 2. The van der Waals surface area contributed by atoms with Gasteiger partial charge in [-0.25, -0.2) is 4.79 Å². The van der Waals surface area contributed by atoms with Gasteiger partial charge in [0.1, 0.15) is 12.6 Å². The van der Waals surface area contributed by atoms with Gasteiger partial charge >= 0.3 is 12.1 Å². The third-order valence-electron chi connectivity index (χ3n) is 6.97. The molecule has 4 rings (SSSR count). The van der Waals surface area contributed by atoms with Crippen LogP contribution in [0.1, 0.15) is 49.7 Å². The molecule has 0 aromatic heterocycles. The van der Waals surface area contributed by atoms with Gasteiger partial charge < -0.3 is 20.5 Å². The normalized spacial score (nSPS) is 17.0. The van der Waals surface area contributed by atoms with E-state index >= 15 is 0 Å². The first-order valence-corrected chi connectivity index (χ1v) is 13.4. The van der Waals surface area contributed by atoms with Crippen molar-refractivity contribution >= 4 is 29.7 Å². The van der Waals surface area contributed by atoms with Gasteiger partial charge in [-0.1, -0.05) is 48.5 Å². The SMILES string of the molecule is CSCC[C@H](NC(=O)OCC1c2ccccc2-c2ccccc21)C(=O)NC(C)(CC(=O)O)C1CC1. The molecule has 0 bridgehead atoms. The van der Waals surface area contributed by atoms with Gasteiger partial charge in [-0.2, -0.15) is 11.8 Å². The van der Waals surface area contributed by atoms with Crippen molar-refractivity contribution in [2.45, 2.75) is 50.1 Å². The van der Waals surface area contributed by atoms with Crippen LogP contribution < -0.4 is 10.6 Å². The maximum atomic E-state index is 13.1. The minimum Gasteiger partial charge on any atom is -0.481 e. The van der Waals surface area contributed by atoms with Crippen LogP contribution in [0, 0.1) is 5.92 Å². The zero-order chi connectivity index (χ0) is 25.0. The summed E-state index contributed by atoms with van der Waals surface area (Å²) >= 11 is 1.57. The summed E-state index contributed by atoms with van der Waals surface area (Å²) in [4.78, 5) is 37.3. The Labute approximate surface area is 210 Å². The van der Waals surface area contributed by atoms with Crippen LogP contribution in [0.2, 0.25) is 0 Å². The average Bonchev–Trinajstić information content (AvgIpc) is 3.64. The zero-order valence-corrected chi connectivity index (χ0v) is 20.9. The monoisotopic (exact) mass is 496 g/mol. The second-order valence-corrected chi connectivity index (χ2v) is 10.5. The van der Waals surface area contributed by atoms with E-state index in [-0.39, 0.29) is 30.8 Å². The smallest absolute Gasteiger partial charge is 0.407 e. The molecule has 2 aliphatic rings. The molecule has 0 spiro atoms. The molecular weight excluding hydrogens is 464 g/mol. The number of rotatable bonds is 11. The van der Waals surface area contributed by atoms with Crippen molar-refractivity contribution < 1.29 is 24.2 Å². The third kappa shape index (κ3) is 5.81. The number of alkyl carbamates (subject to hydrolysis) is 1. The minimum atomic E-state index is -0.954. The highest BCUT2D eigenvalue weighted by molar-refractivity contribution is 7.98. The Morgan fingerprint density at radius 1 is 1.09 bits per heavy atom. The van der Waals surface area contributed by atoms with Gasteiger partial charge in [0.2, 0.25) is 5.91 Å². The number of ether oxygens (including phenoxy) is 1. The molecule has 2 aliphatic carbocycles. The molecule has 2 atom stereocenters. The van der Waals surface area contributed by atoms with Crippen molar-refractivity contribution in [3.8, 4) is 11.1 Å². The summed E-state index contributed by atoms with van der Waals surface area (Å²) in [6.45, 7) is 1.94. The lowest BCUT2D eigenvalue weighted by atomic mass is 9.91. The van der Waals surface area contributed by atoms with Crippen LogP contribution in [0.25, 0.3) is 11.1 Å². The molecule has 1 unspecified atom stereocenters. The van der Waals surface area contributed by atoms with E-state index in [4.69, 9.17) is 4.74 Å². The van der Waals surface area contributed by atoms with Gasteiger partial charge in [0.15, 0.2) is 0 Å². The Morgan fingerprint density at radius 3 is 2.23 bits per heavy atom. The summed E-state index contributed by atoms with van der Waals surface area (Å²) in [6, 6.07) is 15.4. The topological polar surface area (TPSA) is 105 Å². The van der Waals surface area contributed by atoms with E-state index in [0.717, 1.165) is 35.1 Å². The van der Waals surface area contributed by atoms with E-state index in [9.17, 15) is 19.5 Å². The number of carbonyl (C=O) groups excluding carboxylic acids is 2. The van der Waals surface area contributed by atoms with Crippen LogP contribution in [-0.2, 0) is 14.3 Å². The predicted octanol–water partition coefficient (Wildman–Crippen LogP) is 4.41. The number of hydrogen-bond acceptors (Lipinski definition) is 5. The van der Waals surface area contributed by atoms with E-state index in [1.165, 1.54) is 0 Å². The van der Waals surface area contributed by atoms with Crippen LogP contribution >= 0.6 is 11.8 Å². The summed E-state index contributed by atoms with van der Waals surface area (Å²) in [7, 11) is 0. The van der Waals surface area contributed by atoms with E-state index in [0.29, 0.717) is 12.2 Å². The molecule has 0 heterocycles. The van der Waals surface area contributed by atoms with Gasteiger partial charge in [-0.15, -0.1) is 0 Å². The highest BCUT2D eigenvalue weighted by atomic mass is 32.2. The van der Waals surface area contributed by atoms with Crippen molar-refractivity contribution in [3.63, 3.8) is 0 Å². The Morgan fingerprint density at radius 2 is 1.69 bits per heavy atom. The van der Waals surface area contributed by atoms with Crippen molar-refractivity contribution in [2.75, 3.05) is 18.6 Å². The number of carbonyl (C=O) groups is 3. The highest BCUT2D eigenvalue weighted by Crippen LogP contribution is 2.44. The number of carboxylic acid groups (broad SMARTS) is 1. The summed E-state index contributed by atoms with van der Waals surface area (Å²) in [6.07, 6.45) is 3.33. The van der Waals surface area contributed by atoms with Crippen molar-refractivity contribution in [3.05, 3.63) is 59.7 Å². The number of thioether (sulfide) groups is 1. The van der Waals surface area contributed by atoms with Crippen molar-refractivity contribution in [2.24, 2.45) is 5.92 Å². The quantitative estimate of drug-likeness (QED) is 0.426. The maximum absolute atomic E-state index is 13.1. The van der Waals surface area contributed by atoms with Gasteiger partial charge in [-0.05, 0) is 66.4 Å². The zero-order valence-electron chi connectivity index (χ0n) is 20.1. The van der Waals surface area contributed by atoms with Crippen LogP contribution in [0.4, 0.5) is 4.79 Å². The molecule has 0 saturated heterocycles. The molecule has 3 N–H and O–H groups in total. The molecule has 8 heteroatoms. The fourth-order valence-electron chi connectivity index (χ4n) is 4.98. The summed E-state index contributed by atoms with van der Waals surface area (Å²) in [5.74, 6) is -0.590. The predicted molar refractivity (Wildman–Crippen MR) is 137 cm³/mol. The lowest BCUT2D eigenvalue weighted by Crippen LogP contribution is -2.56. The molecule has 2 amide bonds. The molecule has 186 valence electrons. The Hall–Kier alpha value is -3.00. The van der Waals surface area contributed by atoms with Gasteiger partial charge in [0.05, 0.1) is 12.0 Å². The van der Waals surface area contributed by atoms with E-state index in [1.807, 2.05) is 30.5 Å². The standard InChI is InChI=1S/C27H32N2O5S/c1-27(15-24(30)31,17-11-12-17)29-25(32)23(13-14-35-2)28-26(33)34-16-22-20-9-5-3-7-18(20)19-8-4-6-10-21(19)22/h3-10,17,22-23H,11-16H2,1-2H3,(H,28,33)(H,29,32)(H,30,31)/t23-,27?/m0/s1. The summed E-state index contributed by atoms with van der Waals surface area (Å²) in [5, 5.41) is 15.0. The number of hydrogen-bond donors (Lipinski definition) is 3. The third-order valence-corrected chi connectivity index (χ3v) is 7.61. The van der Waals surface area contributed by atoms with Crippen LogP contribution in [-0.4, -0.2) is 53.3 Å². The highest BCUT2D eigenvalue weighted by Gasteiger charge is 2.45. The number of carboxylic acids is 1. The van der Waals surface area contributed by atoms with Crippen LogP contribution in [0.5, 0.6) is 0 Å². The van der Waals surface area contributed by atoms with E-state index < -0.39 is 23.6 Å². The maximum Gasteiger partial charge on any atom is 0.407 e. The summed E-state index contributed by atoms with van der Waals surface area (Å²) in [5.41, 5.74) is 3.70. The molecule has 1 fully saturated rings. The number of amides is 2. The average molecular weight is 497 g/mol. The van der Waals surface area contributed by atoms with Gasteiger partial charge in [0, 0.05) is 5.92 Å². The van der Waals surface area contributed by atoms with Gasteiger partial charge in [-0.3, -0.25) is 9.59 Å². The number of fused-ring (bicyclic) bond motifs is 3. The molecule has 0 aliphatic heterocycles. The minimum absolute atomic E-state index is 0.0691. The first kappa shape index (κ1) is 25.1. The first-order valence-electron chi connectivity index (χ1n) is 12.0. The van der Waals surface area contributed by atoms with Crippen molar-refractivity contribution in [1.82, 2.24) is 10.6 Å². The van der Waals surface area contributed by atoms with Crippen LogP contribution in [0.3, 0.4) is 0 Å². The molecule has 2 aromatic carbocycles. The van der Waals surface area contributed by atoms with E-state index in [1.54, 1.807) is 18.7 Å². The lowest BCUT2D eigenvalue weighted by molar-refractivity contribution is -0.139. The second kappa shape index (κ2) is 10.7. The fraction of sp³-hybridized carbons (Fsp3) is 0.444. The first-order chi connectivity index (χ1) is 16.8. The number of benzene rings is 2. The number of aliphatic carboxylic acids is 1. The largest absolute Gasteiger partial charge is 0.481 e. The Balaban J connectivity index is 1.41.